The van der Waals surface area contributed by atoms with Crippen molar-refractivity contribution >= 4 is 15.7 Å². The van der Waals surface area contributed by atoms with Crippen LogP contribution in [0.1, 0.15) is 37.9 Å². The molecule has 1 aromatic carbocycles. The average molecular weight is 348 g/mol. The summed E-state index contributed by atoms with van der Waals surface area (Å²) in [7, 11) is -3.21. The maximum absolute atomic E-state index is 12.1. The average Bonchev–Trinajstić information content (AvgIpc) is 3.27. The first-order valence-corrected chi connectivity index (χ1v) is 9.83. The highest BCUT2D eigenvalue weighted by molar-refractivity contribution is 7.93. The van der Waals surface area contributed by atoms with E-state index >= 15 is 0 Å². The summed E-state index contributed by atoms with van der Waals surface area (Å²) in [6, 6.07) is 7.19. The summed E-state index contributed by atoms with van der Waals surface area (Å²) >= 11 is 0. The van der Waals surface area contributed by atoms with Gasteiger partial charge in [0.15, 0.2) is 5.82 Å². The van der Waals surface area contributed by atoms with Crippen molar-refractivity contribution in [3.05, 3.63) is 30.1 Å². The lowest BCUT2D eigenvalue weighted by Crippen LogP contribution is -2.34. The number of nitrogens with two attached hydrogens (primary N) is 1. The van der Waals surface area contributed by atoms with Gasteiger partial charge in [-0.15, -0.1) is 0 Å². The highest BCUT2D eigenvalue weighted by Crippen LogP contribution is 2.36. The first-order chi connectivity index (χ1) is 11.5. The van der Waals surface area contributed by atoms with Crippen LogP contribution in [0.25, 0.3) is 11.5 Å². The van der Waals surface area contributed by atoms with Crippen LogP contribution in [0.3, 0.4) is 0 Å². The molecule has 4 rings (SSSR count). The number of hydrogen-bond donors (Lipinski definition) is 1. The van der Waals surface area contributed by atoms with E-state index in [9.17, 15) is 8.42 Å². The van der Waals surface area contributed by atoms with Gasteiger partial charge in [0.1, 0.15) is 0 Å². The van der Waals surface area contributed by atoms with Crippen molar-refractivity contribution in [2.45, 2.75) is 37.6 Å². The van der Waals surface area contributed by atoms with Crippen LogP contribution in [-0.4, -0.2) is 30.9 Å². The summed E-state index contributed by atoms with van der Waals surface area (Å²) in [6.45, 7) is 0.507. The Morgan fingerprint density at radius 3 is 2.71 bits per heavy atom. The van der Waals surface area contributed by atoms with Crippen LogP contribution in [0.5, 0.6) is 0 Å². The predicted molar refractivity (Wildman–Crippen MR) is 89.8 cm³/mol. The molecule has 7 nitrogen and oxygen atoms in total. The van der Waals surface area contributed by atoms with Crippen LogP contribution in [0, 0.1) is 0 Å². The van der Waals surface area contributed by atoms with E-state index in [1.165, 1.54) is 4.31 Å². The zero-order valence-electron chi connectivity index (χ0n) is 13.3. The molecule has 0 bridgehead atoms. The normalized spacial score (nSPS) is 22.1. The molecule has 128 valence electrons. The molecule has 2 aliphatic rings. The van der Waals surface area contributed by atoms with E-state index in [0.29, 0.717) is 35.9 Å². The van der Waals surface area contributed by atoms with Gasteiger partial charge in [-0.05, 0) is 37.5 Å². The Morgan fingerprint density at radius 1 is 1.21 bits per heavy atom. The second-order valence-electron chi connectivity index (χ2n) is 6.58. The van der Waals surface area contributed by atoms with Crippen LogP contribution in [0.15, 0.2) is 28.8 Å². The quantitative estimate of drug-likeness (QED) is 0.910. The standard InChI is InChI=1S/C16H20N4O3S/c17-16(7-1-2-8-16)15-18-14(23-19-15)12-5-3-6-13(11-12)20-9-4-10-24(20,21)22/h3,5-6,11H,1-2,4,7-10,17H2. The molecule has 0 amide bonds. The zero-order valence-corrected chi connectivity index (χ0v) is 14.1. The second kappa shape index (κ2) is 5.56. The van der Waals surface area contributed by atoms with E-state index in [-0.39, 0.29) is 5.75 Å². The molecule has 2 aromatic rings. The molecular formula is C16H20N4O3S. The first-order valence-electron chi connectivity index (χ1n) is 8.22. The molecule has 0 atom stereocenters. The minimum Gasteiger partial charge on any atom is -0.334 e. The zero-order chi connectivity index (χ0) is 16.8. The molecule has 1 saturated carbocycles. The highest BCUT2D eigenvalue weighted by atomic mass is 32.2. The van der Waals surface area contributed by atoms with E-state index in [1.54, 1.807) is 18.2 Å². The van der Waals surface area contributed by atoms with Crippen LogP contribution in [-0.2, 0) is 15.6 Å². The molecule has 0 unspecified atom stereocenters. The Hall–Kier alpha value is -1.93. The second-order valence-corrected chi connectivity index (χ2v) is 8.59. The fraction of sp³-hybridized carbons (Fsp3) is 0.500. The van der Waals surface area contributed by atoms with Crippen molar-refractivity contribution in [1.82, 2.24) is 10.1 Å². The third-order valence-electron chi connectivity index (χ3n) is 4.85. The number of nitrogens with zero attached hydrogens (tertiary/aromatic N) is 3. The Kier molecular flexibility index (Phi) is 3.61. The fourth-order valence-electron chi connectivity index (χ4n) is 3.50. The first kappa shape index (κ1) is 15.6. The van der Waals surface area contributed by atoms with Gasteiger partial charge in [-0.25, -0.2) is 8.42 Å². The molecule has 0 radical (unpaired) electrons. The van der Waals surface area contributed by atoms with Crippen molar-refractivity contribution in [2.24, 2.45) is 5.73 Å². The molecule has 2 heterocycles. The third-order valence-corrected chi connectivity index (χ3v) is 6.72. The van der Waals surface area contributed by atoms with E-state index in [4.69, 9.17) is 10.3 Å². The van der Waals surface area contributed by atoms with Gasteiger partial charge in [0.25, 0.3) is 5.89 Å². The largest absolute Gasteiger partial charge is 0.334 e. The van der Waals surface area contributed by atoms with Gasteiger partial charge in [0.05, 0.1) is 17.0 Å². The van der Waals surface area contributed by atoms with Crippen molar-refractivity contribution < 1.29 is 12.9 Å². The summed E-state index contributed by atoms with van der Waals surface area (Å²) < 4.78 is 31.0. The summed E-state index contributed by atoms with van der Waals surface area (Å²) in [6.07, 6.45) is 4.51. The SMILES string of the molecule is NC1(c2noc(-c3cccc(N4CCCS4(=O)=O)c3)n2)CCCC1. The molecule has 2 N–H and O–H groups in total. The molecule has 1 aliphatic carbocycles. The number of anilines is 1. The van der Waals surface area contributed by atoms with Gasteiger partial charge in [-0.3, -0.25) is 4.31 Å². The summed E-state index contributed by atoms with van der Waals surface area (Å²) in [5.74, 6) is 1.10. The van der Waals surface area contributed by atoms with Crippen LogP contribution in [0.2, 0.25) is 0 Å². The summed E-state index contributed by atoms with van der Waals surface area (Å²) in [4.78, 5) is 4.47. The lowest BCUT2D eigenvalue weighted by molar-refractivity contribution is 0.372. The number of aromatic nitrogens is 2. The van der Waals surface area contributed by atoms with Crippen molar-refractivity contribution in [2.75, 3.05) is 16.6 Å². The van der Waals surface area contributed by atoms with E-state index in [1.807, 2.05) is 6.07 Å². The lowest BCUT2D eigenvalue weighted by atomic mass is 9.99. The molecule has 1 saturated heterocycles. The summed E-state index contributed by atoms with van der Waals surface area (Å²) in [5, 5.41) is 4.06. The maximum atomic E-state index is 12.1. The number of sulfonamides is 1. The van der Waals surface area contributed by atoms with Crippen LogP contribution >= 0.6 is 0 Å². The van der Waals surface area contributed by atoms with Crippen molar-refractivity contribution in [3.8, 4) is 11.5 Å². The van der Waals surface area contributed by atoms with Gasteiger partial charge < -0.3 is 10.3 Å². The molecule has 2 fully saturated rings. The molecule has 1 aromatic heterocycles. The molecule has 8 heteroatoms. The van der Waals surface area contributed by atoms with E-state index in [0.717, 1.165) is 25.7 Å². The van der Waals surface area contributed by atoms with Crippen molar-refractivity contribution in [3.63, 3.8) is 0 Å². The minimum atomic E-state index is -3.21. The van der Waals surface area contributed by atoms with Gasteiger partial charge >= 0.3 is 0 Å². The smallest absolute Gasteiger partial charge is 0.258 e. The third kappa shape index (κ3) is 2.59. The van der Waals surface area contributed by atoms with Crippen LogP contribution < -0.4 is 10.0 Å². The topological polar surface area (TPSA) is 102 Å². The van der Waals surface area contributed by atoms with E-state index < -0.39 is 15.6 Å². The number of hydrogen-bond acceptors (Lipinski definition) is 6. The Balaban J connectivity index is 1.66. The molecular weight excluding hydrogens is 328 g/mol. The molecule has 1 aliphatic heterocycles. The Labute approximate surface area is 140 Å². The Morgan fingerprint density at radius 2 is 2.00 bits per heavy atom. The number of benzene rings is 1. The maximum Gasteiger partial charge on any atom is 0.258 e. The summed E-state index contributed by atoms with van der Waals surface area (Å²) in [5.41, 5.74) is 7.20. The van der Waals surface area contributed by atoms with Gasteiger partial charge in [-0.2, -0.15) is 4.98 Å². The lowest BCUT2D eigenvalue weighted by Gasteiger charge is -2.18. The van der Waals surface area contributed by atoms with Crippen molar-refractivity contribution in [1.29, 1.82) is 0 Å². The predicted octanol–water partition coefficient (Wildman–Crippen LogP) is 2.00. The van der Waals surface area contributed by atoms with Crippen LogP contribution in [0.4, 0.5) is 5.69 Å². The molecule has 24 heavy (non-hydrogen) atoms. The van der Waals surface area contributed by atoms with Gasteiger partial charge in [0.2, 0.25) is 10.0 Å². The number of rotatable bonds is 3. The molecule has 0 spiro atoms. The highest BCUT2D eigenvalue weighted by Gasteiger charge is 2.36. The minimum absolute atomic E-state index is 0.192. The van der Waals surface area contributed by atoms with Gasteiger partial charge in [0, 0.05) is 12.1 Å². The monoisotopic (exact) mass is 348 g/mol. The van der Waals surface area contributed by atoms with E-state index in [2.05, 4.69) is 10.1 Å². The van der Waals surface area contributed by atoms with Gasteiger partial charge in [-0.1, -0.05) is 24.1 Å². The fourth-order valence-corrected chi connectivity index (χ4v) is 5.05. The Bertz CT molecular complexity index is 856.